The Balaban J connectivity index is 1.20. The molecule has 1 aliphatic heterocycles. The number of amides is 2. The van der Waals surface area contributed by atoms with Crippen LogP contribution in [-0.2, 0) is 22.4 Å². The second kappa shape index (κ2) is 11.0. The number of nitrogens with zero attached hydrogens (tertiary/aromatic N) is 1. The molecule has 0 saturated carbocycles. The molecule has 2 amide bonds. The number of aromatic amines is 1. The quantitative estimate of drug-likeness (QED) is 0.303. The summed E-state index contributed by atoms with van der Waals surface area (Å²) in [7, 11) is 1.67. The number of carbonyl (C=O) groups excluding carboxylic acids is 2. The molecule has 0 unspecified atom stereocenters. The van der Waals surface area contributed by atoms with Crippen molar-refractivity contribution in [3.05, 3.63) is 83.8 Å². The minimum absolute atomic E-state index is 0.198. The van der Waals surface area contributed by atoms with Crippen molar-refractivity contribution in [2.75, 3.05) is 25.1 Å². The summed E-state index contributed by atoms with van der Waals surface area (Å²) in [4.78, 5) is 28.1. The SMILES string of the molecule is COc1ccc2[nH]cc(CCCc3ccc(-c4ccc(N5C[C@H](CNC(C)=O)OC5=O)cc4F)cc3)c2c1. The standard InChI is InChI=1S/C30H30FN3O4/c1-19(35)32-17-25-18-34(30(36)38-25)23-10-12-26(28(31)14-23)21-8-6-20(7-9-21)4-3-5-22-16-33-29-13-11-24(37-2)15-27(22)29/h6-16,25,33H,3-5,17-18H2,1-2H3,(H,32,35)/t25-/m0/s1. The van der Waals surface area contributed by atoms with E-state index >= 15 is 4.39 Å². The van der Waals surface area contributed by atoms with E-state index in [0.29, 0.717) is 11.3 Å². The van der Waals surface area contributed by atoms with Crippen LogP contribution in [0.2, 0.25) is 0 Å². The molecule has 2 heterocycles. The number of rotatable bonds is 9. The van der Waals surface area contributed by atoms with Gasteiger partial charge in [0.05, 0.1) is 25.9 Å². The van der Waals surface area contributed by atoms with E-state index in [1.54, 1.807) is 19.2 Å². The number of carbonyl (C=O) groups is 2. The number of nitrogens with one attached hydrogen (secondary N) is 2. The molecular formula is C30H30FN3O4. The van der Waals surface area contributed by atoms with E-state index in [4.69, 9.17) is 9.47 Å². The van der Waals surface area contributed by atoms with Gasteiger partial charge >= 0.3 is 6.09 Å². The first-order chi connectivity index (χ1) is 18.4. The maximum atomic E-state index is 15.1. The highest BCUT2D eigenvalue weighted by Crippen LogP contribution is 2.30. The molecule has 1 aromatic heterocycles. The summed E-state index contributed by atoms with van der Waals surface area (Å²) >= 11 is 0. The summed E-state index contributed by atoms with van der Waals surface area (Å²) in [6, 6.07) is 18.7. The van der Waals surface area contributed by atoms with Gasteiger partial charge in [-0.2, -0.15) is 0 Å². The minimum atomic E-state index is -0.552. The van der Waals surface area contributed by atoms with E-state index < -0.39 is 18.0 Å². The third-order valence-electron chi connectivity index (χ3n) is 6.87. The van der Waals surface area contributed by atoms with Gasteiger partial charge in [-0.15, -0.1) is 0 Å². The number of halogens is 1. The Hall–Kier alpha value is -4.33. The Morgan fingerprint density at radius 2 is 1.95 bits per heavy atom. The normalized spacial score (nSPS) is 15.1. The summed E-state index contributed by atoms with van der Waals surface area (Å²) in [5, 5.41) is 3.82. The second-order valence-corrected chi connectivity index (χ2v) is 9.49. The lowest BCUT2D eigenvalue weighted by Crippen LogP contribution is -2.33. The maximum absolute atomic E-state index is 15.1. The zero-order valence-electron chi connectivity index (χ0n) is 21.4. The smallest absolute Gasteiger partial charge is 0.414 e. The van der Waals surface area contributed by atoms with E-state index in [2.05, 4.69) is 22.6 Å². The molecule has 1 atom stereocenters. The summed E-state index contributed by atoms with van der Waals surface area (Å²) in [5.41, 5.74) is 5.22. The monoisotopic (exact) mass is 515 g/mol. The van der Waals surface area contributed by atoms with Crippen LogP contribution in [0.25, 0.3) is 22.0 Å². The number of H-pyrrole nitrogens is 1. The van der Waals surface area contributed by atoms with Crippen LogP contribution in [0.15, 0.2) is 66.9 Å². The molecule has 0 spiro atoms. The molecule has 1 saturated heterocycles. The highest BCUT2D eigenvalue weighted by Gasteiger charge is 2.32. The minimum Gasteiger partial charge on any atom is -0.497 e. The Kier molecular flexibility index (Phi) is 7.31. The number of methoxy groups -OCH3 is 1. The molecule has 8 heteroatoms. The topological polar surface area (TPSA) is 83.7 Å². The van der Waals surface area contributed by atoms with Crippen LogP contribution in [0.3, 0.4) is 0 Å². The van der Waals surface area contributed by atoms with Crippen molar-refractivity contribution in [2.24, 2.45) is 0 Å². The molecule has 5 rings (SSSR count). The molecule has 7 nitrogen and oxygen atoms in total. The van der Waals surface area contributed by atoms with Crippen molar-refractivity contribution in [1.29, 1.82) is 0 Å². The number of anilines is 1. The van der Waals surface area contributed by atoms with Crippen LogP contribution in [0, 0.1) is 5.82 Å². The van der Waals surface area contributed by atoms with Crippen LogP contribution in [0.4, 0.5) is 14.9 Å². The Morgan fingerprint density at radius 1 is 1.13 bits per heavy atom. The number of fused-ring (bicyclic) bond motifs is 1. The van der Waals surface area contributed by atoms with Gasteiger partial charge < -0.3 is 19.8 Å². The molecule has 0 radical (unpaired) electrons. The van der Waals surface area contributed by atoms with Gasteiger partial charge in [0.1, 0.15) is 17.7 Å². The highest BCUT2D eigenvalue weighted by molar-refractivity contribution is 5.90. The van der Waals surface area contributed by atoms with Gasteiger partial charge in [-0.3, -0.25) is 9.69 Å². The molecule has 38 heavy (non-hydrogen) atoms. The van der Waals surface area contributed by atoms with E-state index in [1.165, 1.54) is 34.4 Å². The number of cyclic esters (lactones) is 1. The molecule has 3 aromatic carbocycles. The predicted octanol–water partition coefficient (Wildman–Crippen LogP) is 5.62. The maximum Gasteiger partial charge on any atom is 0.414 e. The first kappa shape index (κ1) is 25.3. The van der Waals surface area contributed by atoms with Gasteiger partial charge in [0.25, 0.3) is 0 Å². The summed E-state index contributed by atoms with van der Waals surface area (Å²) in [6.45, 7) is 1.87. The van der Waals surface area contributed by atoms with Crippen molar-refractivity contribution < 1.29 is 23.5 Å². The van der Waals surface area contributed by atoms with Crippen LogP contribution in [0.1, 0.15) is 24.5 Å². The van der Waals surface area contributed by atoms with Crippen LogP contribution < -0.4 is 15.0 Å². The molecular weight excluding hydrogens is 485 g/mol. The van der Waals surface area contributed by atoms with E-state index in [0.717, 1.165) is 36.1 Å². The Bertz CT molecular complexity index is 1460. The molecule has 2 N–H and O–H groups in total. The zero-order chi connectivity index (χ0) is 26.6. The second-order valence-electron chi connectivity index (χ2n) is 9.49. The van der Waals surface area contributed by atoms with E-state index in [9.17, 15) is 9.59 Å². The lowest BCUT2D eigenvalue weighted by molar-refractivity contribution is -0.119. The van der Waals surface area contributed by atoms with Crippen molar-refractivity contribution in [1.82, 2.24) is 10.3 Å². The van der Waals surface area contributed by atoms with Gasteiger partial charge in [-0.25, -0.2) is 9.18 Å². The molecule has 0 aliphatic carbocycles. The highest BCUT2D eigenvalue weighted by atomic mass is 19.1. The summed E-state index contributed by atoms with van der Waals surface area (Å²) < 4.78 is 25.7. The number of hydrogen-bond donors (Lipinski definition) is 2. The van der Waals surface area contributed by atoms with Crippen molar-refractivity contribution in [3.63, 3.8) is 0 Å². The zero-order valence-corrected chi connectivity index (χ0v) is 21.4. The number of ether oxygens (including phenoxy) is 2. The lowest BCUT2D eigenvalue weighted by Gasteiger charge is -2.15. The largest absolute Gasteiger partial charge is 0.497 e. The van der Waals surface area contributed by atoms with Crippen LogP contribution in [-0.4, -0.2) is 43.3 Å². The fraction of sp³-hybridized carbons (Fsp3) is 0.267. The summed E-state index contributed by atoms with van der Waals surface area (Å²) in [5.74, 6) is 0.236. The van der Waals surface area contributed by atoms with Gasteiger partial charge in [-0.05, 0) is 72.4 Å². The van der Waals surface area contributed by atoms with Gasteiger partial charge in [0, 0.05) is 29.6 Å². The third kappa shape index (κ3) is 5.49. The predicted molar refractivity (Wildman–Crippen MR) is 145 cm³/mol. The van der Waals surface area contributed by atoms with Crippen LogP contribution in [0.5, 0.6) is 5.75 Å². The first-order valence-electron chi connectivity index (χ1n) is 12.7. The van der Waals surface area contributed by atoms with Crippen molar-refractivity contribution in [3.8, 4) is 16.9 Å². The number of benzene rings is 3. The molecule has 1 aliphatic rings. The average Bonchev–Trinajstić information content (AvgIpc) is 3.50. The van der Waals surface area contributed by atoms with Crippen LogP contribution >= 0.6 is 0 Å². The van der Waals surface area contributed by atoms with Gasteiger partial charge in [0.15, 0.2) is 0 Å². The van der Waals surface area contributed by atoms with Crippen molar-refractivity contribution >= 4 is 28.6 Å². The van der Waals surface area contributed by atoms with Crippen molar-refractivity contribution in [2.45, 2.75) is 32.3 Å². The lowest BCUT2D eigenvalue weighted by atomic mass is 9.99. The van der Waals surface area contributed by atoms with E-state index in [1.807, 2.05) is 36.4 Å². The number of hydrogen-bond acceptors (Lipinski definition) is 4. The fourth-order valence-corrected chi connectivity index (χ4v) is 4.83. The molecule has 4 aromatic rings. The third-order valence-corrected chi connectivity index (χ3v) is 6.87. The number of aromatic nitrogens is 1. The Morgan fingerprint density at radius 3 is 2.68 bits per heavy atom. The first-order valence-corrected chi connectivity index (χ1v) is 12.7. The Labute approximate surface area is 220 Å². The molecule has 1 fully saturated rings. The van der Waals surface area contributed by atoms with Gasteiger partial charge in [-0.1, -0.05) is 24.3 Å². The molecule has 196 valence electrons. The number of aryl methyl sites for hydroxylation is 2. The molecule has 0 bridgehead atoms. The van der Waals surface area contributed by atoms with E-state index in [-0.39, 0.29) is 19.0 Å². The van der Waals surface area contributed by atoms with Gasteiger partial charge in [0.2, 0.25) is 5.91 Å². The fourth-order valence-electron chi connectivity index (χ4n) is 4.83. The summed E-state index contributed by atoms with van der Waals surface area (Å²) in [6.07, 6.45) is 3.88. The average molecular weight is 516 g/mol.